The molecule has 0 spiro atoms. The number of nitrogens with zero attached hydrogens (tertiary/aromatic N) is 5. The second kappa shape index (κ2) is 8.64. The normalized spacial score (nSPS) is 13.9. The summed E-state index contributed by atoms with van der Waals surface area (Å²) in [6.45, 7) is 4.90. The molecule has 3 rings (SSSR count). The highest BCUT2D eigenvalue weighted by molar-refractivity contribution is 7.99. The number of rotatable bonds is 6. The molecular weight excluding hydrogens is 368 g/mol. The van der Waals surface area contributed by atoms with Gasteiger partial charge in [0.05, 0.1) is 11.3 Å². The van der Waals surface area contributed by atoms with E-state index < -0.39 is 0 Å². The van der Waals surface area contributed by atoms with Crippen LogP contribution in [-0.4, -0.2) is 31.9 Å². The highest BCUT2D eigenvalue weighted by Crippen LogP contribution is 2.37. The van der Waals surface area contributed by atoms with E-state index in [9.17, 15) is 10.1 Å². The predicted molar refractivity (Wildman–Crippen MR) is 102 cm³/mol. The molecule has 1 aliphatic rings. The van der Waals surface area contributed by atoms with Gasteiger partial charge < -0.3 is 5.32 Å². The summed E-state index contributed by atoms with van der Waals surface area (Å²) in [5.41, 5.74) is 1.79. The highest BCUT2D eigenvalue weighted by atomic mass is 32.2. The molecule has 0 unspecified atom stereocenters. The maximum absolute atomic E-state index is 12.4. The van der Waals surface area contributed by atoms with E-state index in [4.69, 9.17) is 0 Å². The first kappa shape index (κ1) is 18.9. The molecule has 0 fully saturated rings. The zero-order valence-corrected chi connectivity index (χ0v) is 16.6. The van der Waals surface area contributed by atoms with Crippen LogP contribution in [0, 0.1) is 17.2 Å². The van der Waals surface area contributed by atoms with Crippen molar-refractivity contribution in [2.45, 2.75) is 57.7 Å². The molecule has 7 nitrogen and oxygen atoms in total. The van der Waals surface area contributed by atoms with Crippen molar-refractivity contribution >= 4 is 34.0 Å². The summed E-state index contributed by atoms with van der Waals surface area (Å²) in [6.07, 6.45) is 5.41. The van der Waals surface area contributed by atoms with Crippen LogP contribution >= 0.6 is 23.1 Å². The summed E-state index contributed by atoms with van der Waals surface area (Å²) in [7, 11) is 0. The number of tetrazole rings is 1. The van der Waals surface area contributed by atoms with Crippen molar-refractivity contribution in [1.29, 1.82) is 5.26 Å². The number of carbonyl (C=O) groups excluding carboxylic acids is 1. The number of thiophene rings is 1. The molecular formula is C17H22N6OS2. The number of hydrogen-bond donors (Lipinski definition) is 1. The van der Waals surface area contributed by atoms with Crippen LogP contribution in [0.15, 0.2) is 5.16 Å². The fraction of sp³-hybridized carbons (Fsp3) is 0.588. The van der Waals surface area contributed by atoms with Gasteiger partial charge in [-0.25, -0.2) is 4.68 Å². The van der Waals surface area contributed by atoms with E-state index in [1.165, 1.54) is 23.1 Å². The average Bonchev–Trinajstić information content (AvgIpc) is 3.08. The lowest BCUT2D eigenvalue weighted by molar-refractivity contribution is -0.113. The molecule has 0 saturated heterocycles. The molecule has 26 heavy (non-hydrogen) atoms. The number of thioether (sulfide) groups is 1. The van der Waals surface area contributed by atoms with E-state index >= 15 is 0 Å². The molecule has 1 aliphatic carbocycles. The number of hydrogen-bond acceptors (Lipinski definition) is 7. The maximum atomic E-state index is 12.4. The first-order valence-electron chi connectivity index (χ1n) is 8.82. The molecule has 0 atom stereocenters. The summed E-state index contributed by atoms with van der Waals surface area (Å²) in [6, 6.07) is 2.29. The molecule has 0 radical (unpaired) electrons. The number of aromatic nitrogens is 4. The number of anilines is 1. The third kappa shape index (κ3) is 4.43. The van der Waals surface area contributed by atoms with Gasteiger partial charge in [0.2, 0.25) is 11.1 Å². The third-order valence-corrected chi connectivity index (χ3v) is 6.32. The van der Waals surface area contributed by atoms with Crippen molar-refractivity contribution in [2.24, 2.45) is 5.92 Å². The smallest absolute Gasteiger partial charge is 0.235 e. The average molecular weight is 391 g/mol. The van der Waals surface area contributed by atoms with Gasteiger partial charge in [-0.05, 0) is 47.6 Å². The van der Waals surface area contributed by atoms with Crippen molar-refractivity contribution in [1.82, 2.24) is 20.2 Å². The zero-order valence-electron chi connectivity index (χ0n) is 15.0. The van der Waals surface area contributed by atoms with Crippen molar-refractivity contribution in [2.75, 3.05) is 11.1 Å². The van der Waals surface area contributed by atoms with Crippen LogP contribution in [0.2, 0.25) is 0 Å². The fourth-order valence-electron chi connectivity index (χ4n) is 3.00. The Balaban J connectivity index is 1.64. The number of aryl methyl sites for hydroxylation is 1. The minimum Gasteiger partial charge on any atom is -0.316 e. The Morgan fingerprint density at radius 1 is 1.38 bits per heavy atom. The summed E-state index contributed by atoms with van der Waals surface area (Å²) in [4.78, 5) is 13.6. The van der Waals surface area contributed by atoms with E-state index in [1.807, 2.05) is 0 Å². The molecule has 0 saturated carbocycles. The van der Waals surface area contributed by atoms with Crippen LogP contribution in [0.1, 0.15) is 49.1 Å². The van der Waals surface area contributed by atoms with E-state index in [-0.39, 0.29) is 11.7 Å². The summed E-state index contributed by atoms with van der Waals surface area (Å²) in [5.74, 6) is 0.500. The van der Waals surface area contributed by atoms with E-state index in [2.05, 4.69) is 40.8 Å². The second-order valence-corrected chi connectivity index (χ2v) is 8.80. The van der Waals surface area contributed by atoms with Gasteiger partial charge in [-0.1, -0.05) is 32.0 Å². The largest absolute Gasteiger partial charge is 0.316 e. The first-order valence-corrected chi connectivity index (χ1v) is 10.6. The Morgan fingerprint density at radius 2 is 2.19 bits per heavy atom. The number of fused-ring (bicyclic) bond motifs is 1. The fourth-order valence-corrected chi connectivity index (χ4v) is 4.94. The lowest BCUT2D eigenvalue weighted by atomic mass is 10.1. The van der Waals surface area contributed by atoms with Gasteiger partial charge in [0.25, 0.3) is 0 Å². The molecule has 9 heteroatoms. The monoisotopic (exact) mass is 390 g/mol. The second-order valence-electron chi connectivity index (χ2n) is 6.75. The van der Waals surface area contributed by atoms with Gasteiger partial charge in [-0.2, -0.15) is 5.26 Å². The molecule has 0 aromatic carbocycles. The van der Waals surface area contributed by atoms with E-state index in [0.29, 0.717) is 28.2 Å². The summed E-state index contributed by atoms with van der Waals surface area (Å²) >= 11 is 2.87. The Bertz CT molecular complexity index is 820. The molecule has 0 aliphatic heterocycles. The maximum Gasteiger partial charge on any atom is 0.235 e. The standard InChI is InChI=1S/C17H22N6OS2/c1-11(2)9-23-17(20-21-22-23)25-10-15(24)19-16-13(8-18)12-6-4-3-5-7-14(12)26-16/h11H,3-7,9-10H2,1-2H3,(H,19,24). The molecule has 2 heterocycles. The van der Waals surface area contributed by atoms with Gasteiger partial charge >= 0.3 is 0 Å². The van der Waals surface area contributed by atoms with Crippen LogP contribution in [-0.2, 0) is 24.2 Å². The van der Waals surface area contributed by atoms with Gasteiger partial charge in [0.15, 0.2) is 0 Å². The van der Waals surface area contributed by atoms with Crippen LogP contribution in [0.4, 0.5) is 5.00 Å². The molecule has 0 bridgehead atoms. The molecule has 1 amide bonds. The number of nitrogens with one attached hydrogen (secondary N) is 1. The van der Waals surface area contributed by atoms with Gasteiger partial charge in [0.1, 0.15) is 11.1 Å². The summed E-state index contributed by atoms with van der Waals surface area (Å²) in [5, 5.41) is 25.4. The third-order valence-electron chi connectivity index (χ3n) is 4.16. The Hall–Kier alpha value is -1.92. The highest BCUT2D eigenvalue weighted by Gasteiger charge is 2.21. The molecule has 2 aromatic rings. The van der Waals surface area contributed by atoms with Crippen LogP contribution in [0.3, 0.4) is 0 Å². The van der Waals surface area contributed by atoms with Gasteiger partial charge in [-0.15, -0.1) is 16.4 Å². The number of amides is 1. The van der Waals surface area contributed by atoms with Gasteiger partial charge in [-0.3, -0.25) is 4.79 Å². The Kier molecular flexibility index (Phi) is 6.27. The van der Waals surface area contributed by atoms with Crippen LogP contribution in [0.25, 0.3) is 0 Å². The van der Waals surface area contributed by atoms with Crippen LogP contribution < -0.4 is 5.32 Å². The summed E-state index contributed by atoms with van der Waals surface area (Å²) < 4.78 is 1.72. The van der Waals surface area contributed by atoms with Gasteiger partial charge in [0, 0.05) is 11.4 Å². The minimum atomic E-state index is -0.137. The Morgan fingerprint density at radius 3 is 2.96 bits per heavy atom. The lowest BCUT2D eigenvalue weighted by Crippen LogP contribution is -2.15. The first-order chi connectivity index (χ1) is 12.6. The number of carbonyl (C=O) groups is 1. The van der Waals surface area contributed by atoms with Crippen molar-refractivity contribution < 1.29 is 4.79 Å². The lowest BCUT2D eigenvalue weighted by Gasteiger charge is -2.07. The topological polar surface area (TPSA) is 96.5 Å². The molecule has 1 N–H and O–H groups in total. The molecule has 2 aromatic heterocycles. The van der Waals surface area contributed by atoms with Crippen LogP contribution in [0.5, 0.6) is 0 Å². The number of nitriles is 1. The van der Waals surface area contributed by atoms with Crippen molar-refractivity contribution in [3.05, 3.63) is 16.0 Å². The van der Waals surface area contributed by atoms with Crippen molar-refractivity contribution in [3.63, 3.8) is 0 Å². The minimum absolute atomic E-state index is 0.137. The quantitative estimate of drug-likeness (QED) is 0.601. The SMILES string of the molecule is CC(C)Cn1nnnc1SCC(=O)Nc1sc2c(c1C#N)CCCCC2. The zero-order chi connectivity index (χ0) is 18.5. The predicted octanol–water partition coefficient (Wildman–Crippen LogP) is 3.26. The Labute approximate surface area is 161 Å². The van der Waals surface area contributed by atoms with E-state index in [1.54, 1.807) is 16.0 Å². The molecule has 138 valence electrons. The van der Waals surface area contributed by atoms with Crippen molar-refractivity contribution in [3.8, 4) is 6.07 Å². The van der Waals surface area contributed by atoms with E-state index in [0.717, 1.165) is 31.2 Å².